The van der Waals surface area contributed by atoms with Gasteiger partial charge in [0.2, 0.25) is 0 Å². The van der Waals surface area contributed by atoms with Gasteiger partial charge < -0.3 is 19.1 Å². The number of ether oxygens (including phenoxy) is 3. The Morgan fingerprint density at radius 1 is 1.14 bits per heavy atom. The molecule has 0 saturated carbocycles. The van der Waals surface area contributed by atoms with Gasteiger partial charge in [-0.3, -0.25) is 4.79 Å². The van der Waals surface area contributed by atoms with Gasteiger partial charge in [0.1, 0.15) is 17.2 Å². The second-order valence-electron chi connectivity index (χ2n) is 6.97. The summed E-state index contributed by atoms with van der Waals surface area (Å²) in [6.07, 6.45) is 1.21. The molecule has 2 atom stereocenters. The summed E-state index contributed by atoms with van der Waals surface area (Å²) in [6.45, 7) is 4.39. The number of aryl methyl sites for hydroxylation is 1. The fourth-order valence-electron chi connectivity index (χ4n) is 3.67. The lowest BCUT2D eigenvalue weighted by Gasteiger charge is -2.29. The van der Waals surface area contributed by atoms with E-state index in [2.05, 4.69) is 0 Å². The summed E-state index contributed by atoms with van der Waals surface area (Å²) in [5.74, 6) is 2.13. The fraction of sp³-hybridized carbons (Fsp3) is 0.409. The van der Waals surface area contributed by atoms with Crippen LogP contribution in [0.3, 0.4) is 0 Å². The molecule has 3 rings (SSSR count). The highest BCUT2D eigenvalue weighted by Gasteiger charge is 2.35. The highest BCUT2D eigenvalue weighted by Crippen LogP contribution is 2.39. The van der Waals surface area contributed by atoms with Crippen molar-refractivity contribution in [2.24, 2.45) is 0 Å². The van der Waals surface area contributed by atoms with Crippen LogP contribution in [0.15, 0.2) is 36.4 Å². The minimum Gasteiger partial charge on any atom is -0.497 e. The Kier molecular flexibility index (Phi) is 6.35. The molecule has 2 aromatic carbocycles. The number of carbonyl (C=O) groups is 1. The lowest BCUT2D eigenvalue weighted by atomic mass is 10.0. The SMILES string of the molecule is COc1ccc(OC)c(C2CCCN2C(=O)C(C)Oc2ccc(Cl)cc2C)c1. The number of halogens is 1. The second kappa shape index (κ2) is 8.74. The molecule has 1 aliphatic heterocycles. The number of rotatable bonds is 6. The zero-order valence-corrected chi connectivity index (χ0v) is 17.5. The Morgan fingerprint density at radius 3 is 2.57 bits per heavy atom. The Bertz CT molecular complexity index is 854. The van der Waals surface area contributed by atoms with Crippen molar-refractivity contribution in [2.75, 3.05) is 20.8 Å². The smallest absolute Gasteiger partial charge is 0.263 e. The van der Waals surface area contributed by atoms with E-state index in [1.165, 1.54) is 0 Å². The van der Waals surface area contributed by atoms with E-state index in [1.807, 2.05) is 36.1 Å². The number of likely N-dealkylation sites (tertiary alicyclic amines) is 1. The Hall–Kier alpha value is -2.40. The van der Waals surface area contributed by atoms with Crippen LogP contribution in [-0.2, 0) is 4.79 Å². The molecule has 2 unspecified atom stereocenters. The van der Waals surface area contributed by atoms with E-state index in [-0.39, 0.29) is 11.9 Å². The summed E-state index contributed by atoms with van der Waals surface area (Å²) in [7, 11) is 3.27. The predicted octanol–water partition coefficient (Wildman–Crippen LogP) is 4.80. The summed E-state index contributed by atoms with van der Waals surface area (Å²) in [4.78, 5) is 15.1. The van der Waals surface area contributed by atoms with E-state index in [0.29, 0.717) is 17.3 Å². The van der Waals surface area contributed by atoms with Crippen LogP contribution >= 0.6 is 11.6 Å². The van der Waals surface area contributed by atoms with E-state index in [1.54, 1.807) is 33.3 Å². The maximum Gasteiger partial charge on any atom is 0.263 e. The molecule has 1 heterocycles. The van der Waals surface area contributed by atoms with Crippen LogP contribution in [0.25, 0.3) is 0 Å². The second-order valence-corrected chi connectivity index (χ2v) is 7.40. The van der Waals surface area contributed by atoms with Crippen molar-refractivity contribution < 1.29 is 19.0 Å². The molecule has 28 heavy (non-hydrogen) atoms. The van der Waals surface area contributed by atoms with E-state index in [0.717, 1.165) is 35.5 Å². The first-order valence-corrected chi connectivity index (χ1v) is 9.77. The van der Waals surface area contributed by atoms with Crippen molar-refractivity contribution in [1.29, 1.82) is 0 Å². The third-order valence-electron chi connectivity index (χ3n) is 5.12. The minimum atomic E-state index is -0.600. The predicted molar refractivity (Wildman–Crippen MR) is 110 cm³/mol. The van der Waals surface area contributed by atoms with Gasteiger partial charge in [0.05, 0.1) is 20.3 Å². The van der Waals surface area contributed by atoms with Crippen LogP contribution in [0.4, 0.5) is 0 Å². The molecule has 0 bridgehead atoms. The first-order chi connectivity index (χ1) is 13.4. The molecule has 1 aliphatic rings. The van der Waals surface area contributed by atoms with Gasteiger partial charge in [-0.2, -0.15) is 0 Å². The molecule has 1 saturated heterocycles. The summed E-state index contributed by atoms with van der Waals surface area (Å²) < 4.78 is 16.8. The molecule has 0 N–H and O–H groups in total. The summed E-state index contributed by atoms with van der Waals surface area (Å²) in [5.41, 5.74) is 1.86. The molecule has 0 aromatic heterocycles. The molecule has 0 spiro atoms. The monoisotopic (exact) mass is 403 g/mol. The zero-order valence-electron chi connectivity index (χ0n) is 16.7. The minimum absolute atomic E-state index is 0.0401. The van der Waals surface area contributed by atoms with Gasteiger partial charge in [-0.1, -0.05) is 11.6 Å². The van der Waals surface area contributed by atoms with Gasteiger partial charge in [-0.15, -0.1) is 0 Å². The Morgan fingerprint density at radius 2 is 1.89 bits per heavy atom. The van der Waals surface area contributed by atoms with Crippen molar-refractivity contribution in [3.8, 4) is 17.2 Å². The quantitative estimate of drug-likeness (QED) is 0.695. The largest absolute Gasteiger partial charge is 0.497 e. The van der Waals surface area contributed by atoms with Gasteiger partial charge in [0, 0.05) is 17.1 Å². The third kappa shape index (κ3) is 4.20. The molecule has 0 radical (unpaired) electrons. The summed E-state index contributed by atoms with van der Waals surface area (Å²) in [5, 5.41) is 0.647. The van der Waals surface area contributed by atoms with Gasteiger partial charge in [0.25, 0.3) is 5.91 Å². The average molecular weight is 404 g/mol. The van der Waals surface area contributed by atoms with Crippen molar-refractivity contribution in [1.82, 2.24) is 4.90 Å². The van der Waals surface area contributed by atoms with Crippen molar-refractivity contribution >= 4 is 17.5 Å². The third-order valence-corrected chi connectivity index (χ3v) is 5.36. The van der Waals surface area contributed by atoms with Crippen LogP contribution in [0.2, 0.25) is 5.02 Å². The number of hydrogen-bond acceptors (Lipinski definition) is 4. The summed E-state index contributed by atoms with van der Waals surface area (Å²) in [6, 6.07) is 11.0. The average Bonchev–Trinajstić information content (AvgIpc) is 3.18. The Labute approximate surface area is 171 Å². The number of nitrogens with zero attached hydrogens (tertiary/aromatic N) is 1. The van der Waals surface area contributed by atoms with E-state index >= 15 is 0 Å². The van der Waals surface area contributed by atoms with Gasteiger partial charge >= 0.3 is 0 Å². The van der Waals surface area contributed by atoms with Gasteiger partial charge in [-0.05, 0) is 68.7 Å². The van der Waals surface area contributed by atoms with E-state index < -0.39 is 6.10 Å². The number of benzene rings is 2. The molecule has 1 amide bonds. The van der Waals surface area contributed by atoms with Gasteiger partial charge in [0.15, 0.2) is 6.10 Å². The first-order valence-electron chi connectivity index (χ1n) is 9.39. The topological polar surface area (TPSA) is 48.0 Å². The maximum atomic E-state index is 13.2. The van der Waals surface area contributed by atoms with Crippen LogP contribution in [0.5, 0.6) is 17.2 Å². The van der Waals surface area contributed by atoms with Gasteiger partial charge in [-0.25, -0.2) is 0 Å². The Balaban J connectivity index is 1.81. The lowest BCUT2D eigenvalue weighted by Crippen LogP contribution is -2.40. The van der Waals surface area contributed by atoms with E-state index in [4.69, 9.17) is 25.8 Å². The van der Waals surface area contributed by atoms with Crippen molar-refractivity contribution in [3.05, 3.63) is 52.5 Å². The van der Waals surface area contributed by atoms with Crippen LogP contribution < -0.4 is 14.2 Å². The summed E-state index contributed by atoms with van der Waals surface area (Å²) >= 11 is 6.01. The standard InChI is InChI=1S/C22H26ClNO4/c1-14-12-16(23)7-9-20(14)28-15(2)22(25)24-11-5-6-19(24)18-13-17(26-3)8-10-21(18)27-4/h7-10,12-13,15,19H,5-6,11H2,1-4H3. The van der Waals surface area contributed by atoms with Crippen molar-refractivity contribution in [2.45, 2.75) is 38.8 Å². The molecule has 1 fully saturated rings. The maximum absolute atomic E-state index is 13.2. The molecule has 150 valence electrons. The zero-order chi connectivity index (χ0) is 20.3. The lowest BCUT2D eigenvalue weighted by molar-refractivity contribution is -0.139. The van der Waals surface area contributed by atoms with Crippen LogP contribution in [-0.4, -0.2) is 37.7 Å². The molecule has 5 nitrogen and oxygen atoms in total. The molecule has 0 aliphatic carbocycles. The van der Waals surface area contributed by atoms with Crippen LogP contribution in [0, 0.1) is 6.92 Å². The number of methoxy groups -OCH3 is 2. The molecule has 2 aromatic rings. The van der Waals surface area contributed by atoms with Crippen LogP contribution in [0.1, 0.15) is 36.9 Å². The highest BCUT2D eigenvalue weighted by atomic mass is 35.5. The molecular formula is C22H26ClNO4. The number of hydrogen-bond donors (Lipinski definition) is 0. The number of carbonyl (C=O) groups excluding carboxylic acids is 1. The molecule has 6 heteroatoms. The van der Waals surface area contributed by atoms with E-state index in [9.17, 15) is 4.79 Å². The normalized spacial score (nSPS) is 17.3. The van der Waals surface area contributed by atoms with Crippen molar-refractivity contribution in [3.63, 3.8) is 0 Å². The first kappa shape index (κ1) is 20.3. The fourth-order valence-corrected chi connectivity index (χ4v) is 3.90. The number of amides is 1. The molecular weight excluding hydrogens is 378 g/mol. The highest BCUT2D eigenvalue weighted by molar-refractivity contribution is 6.30.